The average Bonchev–Trinajstić information content (AvgIpc) is 2.46. The number of likely N-dealkylation sites (tertiary alicyclic amines) is 1. The van der Waals surface area contributed by atoms with E-state index in [1.807, 2.05) is 0 Å². The molecule has 0 unspecified atom stereocenters. The number of hydrogen-bond acceptors (Lipinski definition) is 4. The van der Waals surface area contributed by atoms with E-state index in [2.05, 4.69) is 14.8 Å². The SMILES string of the molecule is I.NC(=NCCCN1CCC(O)CC1)N1CCOCC1. The van der Waals surface area contributed by atoms with E-state index in [-0.39, 0.29) is 30.1 Å². The highest BCUT2D eigenvalue weighted by Crippen LogP contribution is 2.09. The van der Waals surface area contributed by atoms with Gasteiger partial charge in [-0.3, -0.25) is 4.99 Å². The first-order valence-corrected chi connectivity index (χ1v) is 7.29. The zero-order chi connectivity index (χ0) is 13.5. The fourth-order valence-corrected chi connectivity index (χ4v) is 2.52. The number of aliphatic hydroxyl groups excluding tert-OH is 1. The molecule has 0 radical (unpaired) electrons. The number of nitrogens with zero attached hydrogens (tertiary/aromatic N) is 3. The molecule has 0 aromatic rings. The fraction of sp³-hybridized carbons (Fsp3) is 0.923. The second-order valence-electron chi connectivity index (χ2n) is 5.27. The fourth-order valence-electron chi connectivity index (χ4n) is 2.52. The molecular formula is C13H27IN4O2. The lowest BCUT2D eigenvalue weighted by Gasteiger charge is -2.29. The number of ether oxygens (including phenoxy) is 1. The highest BCUT2D eigenvalue weighted by atomic mass is 127. The lowest BCUT2D eigenvalue weighted by atomic mass is 10.1. The largest absolute Gasteiger partial charge is 0.393 e. The predicted octanol–water partition coefficient (Wildman–Crippen LogP) is 0.0981. The van der Waals surface area contributed by atoms with Crippen molar-refractivity contribution < 1.29 is 9.84 Å². The summed E-state index contributed by atoms with van der Waals surface area (Å²) in [6, 6.07) is 0. The first-order valence-electron chi connectivity index (χ1n) is 7.29. The Morgan fingerprint density at radius 1 is 1.20 bits per heavy atom. The summed E-state index contributed by atoms with van der Waals surface area (Å²) < 4.78 is 5.28. The molecule has 0 bridgehead atoms. The van der Waals surface area contributed by atoms with Crippen LogP contribution in [0.5, 0.6) is 0 Å². The van der Waals surface area contributed by atoms with E-state index in [4.69, 9.17) is 10.5 Å². The second kappa shape index (κ2) is 9.75. The van der Waals surface area contributed by atoms with Crippen LogP contribution in [0.4, 0.5) is 0 Å². The molecule has 0 amide bonds. The normalized spacial score (nSPS) is 22.6. The van der Waals surface area contributed by atoms with Gasteiger partial charge in [-0.2, -0.15) is 0 Å². The van der Waals surface area contributed by atoms with Gasteiger partial charge in [-0.1, -0.05) is 0 Å². The third-order valence-electron chi connectivity index (χ3n) is 3.80. The molecule has 2 saturated heterocycles. The summed E-state index contributed by atoms with van der Waals surface area (Å²) in [5.41, 5.74) is 5.96. The predicted molar refractivity (Wildman–Crippen MR) is 90.6 cm³/mol. The Kier molecular flexibility index (Phi) is 8.74. The van der Waals surface area contributed by atoms with E-state index in [1.165, 1.54) is 0 Å². The minimum absolute atomic E-state index is 0. The number of aliphatic imine (C=N–C) groups is 1. The van der Waals surface area contributed by atoms with Crippen LogP contribution in [0.15, 0.2) is 4.99 Å². The van der Waals surface area contributed by atoms with Crippen molar-refractivity contribution in [3.63, 3.8) is 0 Å². The Morgan fingerprint density at radius 3 is 2.50 bits per heavy atom. The molecule has 0 aromatic heterocycles. The third kappa shape index (κ3) is 6.11. The molecule has 6 nitrogen and oxygen atoms in total. The Hall–Kier alpha value is -0.120. The summed E-state index contributed by atoms with van der Waals surface area (Å²) >= 11 is 0. The lowest BCUT2D eigenvalue weighted by molar-refractivity contribution is 0.0673. The number of nitrogens with two attached hydrogens (primary N) is 1. The van der Waals surface area contributed by atoms with E-state index >= 15 is 0 Å². The van der Waals surface area contributed by atoms with Crippen molar-refractivity contribution in [2.45, 2.75) is 25.4 Å². The summed E-state index contributed by atoms with van der Waals surface area (Å²) in [7, 11) is 0. The first-order chi connectivity index (χ1) is 9.25. The number of piperidine rings is 1. The second-order valence-corrected chi connectivity index (χ2v) is 5.27. The zero-order valence-corrected chi connectivity index (χ0v) is 14.4. The van der Waals surface area contributed by atoms with Crippen LogP contribution < -0.4 is 5.73 Å². The van der Waals surface area contributed by atoms with Gasteiger partial charge in [0.05, 0.1) is 19.3 Å². The molecule has 118 valence electrons. The van der Waals surface area contributed by atoms with E-state index in [0.29, 0.717) is 5.96 Å². The first kappa shape index (κ1) is 17.9. The number of rotatable bonds is 4. The van der Waals surface area contributed by atoms with Crippen molar-refractivity contribution in [1.82, 2.24) is 9.80 Å². The Labute approximate surface area is 138 Å². The van der Waals surface area contributed by atoms with Crippen LogP contribution in [0, 0.1) is 0 Å². The van der Waals surface area contributed by atoms with Gasteiger partial charge in [0.15, 0.2) is 5.96 Å². The minimum atomic E-state index is -0.0914. The number of guanidine groups is 1. The molecule has 3 N–H and O–H groups in total. The molecule has 0 atom stereocenters. The molecule has 2 aliphatic heterocycles. The van der Waals surface area contributed by atoms with Gasteiger partial charge in [0.1, 0.15) is 0 Å². The van der Waals surface area contributed by atoms with Crippen LogP contribution in [-0.2, 0) is 4.74 Å². The molecular weight excluding hydrogens is 371 g/mol. The maximum atomic E-state index is 9.43. The van der Waals surface area contributed by atoms with Crippen molar-refractivity contribution >= 4 is 29.9 Å². The van der Waals surface area contributed by atoms with Crippen LogP contribution in [0.3, 0.4) is 0 Å². The topological polar surface area (TPSA) is 74.3 Å². The van der Waals surface area contributed by atoms with Crippen molar-refractivity contribution in [2.75, 3.05) is 52.5 Å². The van der Waals surface area contributed by atoms with Crippen LogP contribution in [0.2, 0.25) is 0 Å². The van der Waals surface area contributed by atoms with E-state index in [9.17, 15) is 5.11 Å². The summed E-state index contributed by atoms with van der Waals surface area (Å²) in [5, 5.41) is 9.43. The van der Waals surface area contributed by atoms with Crippen molar-refractivity contribution in [3.8, 4) is 0 Å². The summed E-state index contributed by atoms with van der Waals surface area (Å²) in [5.74, 6) is 0.650. The van der Waals surface area contributed by atoms with Crippen LogP contribution in [0.25, 0.3) is 0 Å². The molecule has 2 heterocycles. The van der Waals surface area contributed by atoms with Crippen LogP contribution in [-0.4, -0.2) is 79.5 Å². The molecule has 7 heteroatoms. The summed E-state index contributed by atoms with van der Waals surface area (Å²) in [6.45, 7) is 7.01. The maximum Gasteiger partial charge on any atom is 0.191 e. The van der Waals surface area contributed by atoms with Crippen LogP contribution >= 0.6 is 24.0 Å². The van der Waals surface area contributed by atoms with Gasteiger partial charge in [-0.05, 0) is 25.8 Å². The number of aliphatic hydroxyl groups is 1. The minimum Gasteiger partial charge on any atom is -0.393 e. The van der Waals surface area contributed by atoms with E-state index in [0.717, 1.165) is 71.7 Å². The maximum absolute atomic E-state index is 9.43. The monoisotopic (exact) mass is 398 g/mol. The van der Waals surface area contributed by atoms with E-state index < -0.39 is 0 Å². The van der Waals surface area contributed by atoms with Gasteiger partial charge in [-0.15, -0.1) is 24.0 Å². The Balaban J connectivity index is 0.00000200. The Bertz CT molecular complexity index is 290. The highest BCUT2D eigenvalue weighted by Gasteiger charge is 2.16. The van der Waals surface area contributed by atoms with Crippen molar-refractivity contribution in [3.05, 3.63) is 0 Å². The van der Waals surface area contributed by atoms with Gasteiger partial charge in [-0.25, -0.2) is 0 Å². The van der Waals surface area contributed by atoms with Crippen LogP contribution in [0.1, 0.15) is 19.3 Å². The van der Waals surface area contributed by atoms with Crippen molar-refractivity contribution in [1.29, 1.82) is 0 Å². The van der Waals surface area contributed by atoms with Gasteiger partial charge in [0, 0.05) is 32.7 Å². The smallest absolute Gasteiger partial charge is 0.191 e. The Morgan fingerprint density at radius 2 is 1.85 bits per heavy atom. The van der Waals surface area contributed by atoms with Gasteiger partial charge >= 0.3 is 0 Å². The molecule has 0 aromatic carbocycles. The molecule has 2 fully saturated rings. The van der Waals surface area contributed by atoms with Gasteiger partial charge < -0.3 is 25.4 Å². The summed E-state index contributed by atoms with van der Waals surface area (Å²) in [6.07, 6.45) is 2.74. The molecule has 0 aliphatic carbocycles. The lowest BCUT2D eigenvalue weighted by Crippen LogP contribution is -2.45. The average molecular weight is 398 g/mol. The molecule has 20 heavy (non-hydrogen) atoms. The molecule has 2 rings (SSSR count). The molecule has 0 spiro atoms. The zero-order valence-electron chi connectivity index (χ0n) is 12.0. The van der Waals surface area contributed by atoms with Crippen molar-refractivity contribution in [2.24, 2.45) is 10.7 Å². The quantitative estimate of drug-likeness (QED) is 0.304. The number of morpholine rings is 1. The molecule has 2 aliphatic rings. The third-order valence-corrected chi connectivity index (χ3v) is 3.80. The number of halogens is 1. The molecule has 0 saturated carbocycles. The number of hydrogen-bond donors (Lipinski definition) is 2. The van der Waals surface area contributed by atoms with Gasteiger partial charge in [0.25, 0.3) is 0 Å². The van der Waals surface area contributed by atoms with E-state index in [1.54, 1.807) is 0 Å². The highest BCUT2D eigenvalue weighted by molar-refractivity contribution is 14.0. The standard InChI is InChI=1S/C13H26N4O2.HI/c14-13(17-8-10-19-11-9-17)15-4-1-5-16-6-2-12(18)3-7-16;/h12,18H,1-11H2,(H2,14,15);1H. The van der Waals surface area contributed by atoms with Gasteiger partial charge in [0.2, 0.25) is 0 Å². The summed E-state index contributed by atoms with van der Waals surface area (Å²) in [4.78, 5) is 8.92.